The van der Waals surface area contributed by atoms with Crippen molar-refractivity contribution in [2.45, 2.75) is 39.2 Å². The number of hydrogen-bond acceptors (Lipinski definition) is 3. The molecule has 0 spiro atoms. The third-order valence-corrected chi connectivity index (χ3v) is 2.39. The molecule has 0 fully saturated rings. The maximum Gasteiger partial charge on any atom is 0.328 e. The Morgan fingerprint density at radius 2 is 2.07 bits per heavy atom. The van der Waals surface area contributed by atoms with E-state index >= 15 is 0 Å². The van der Waals surface area contributed by atoms with Gasteiger partial charge in [-0.25, -0.2) is 4.79 Å². The number of carbonyl (C=O) groups is 2. The second kappa shape index (κ2) is 8.71. The zero-order valence-electron chi connectivity index (χ0n) is 9.22. The largest absolute Gasteiger partial charge is 0.464 e. The Morgan fingerprint density at radius 3 is 2.53 bits per heavy atom. The Hall–Kier alpha value is -0.580. The summed E-state index contributed by atoms with van der Waals surface area (Å²) in [4.78, 5) is 22.3. The summed E-state index contributed by atoms with van der Waals surface area (Å²) >= 11 is 3.31. The van der Waals surface area contributed by atoms with Gasteiger partial charge in [-0.3, -0.25) is 4.79 Å². The third-order valence-electron chi connectivity index (χ3n) is 1.83. The maximum absolute atomic E-state index is 11.4. The summed E-state index contributed by atoms with van der Waals surface area (Å²) in [7, 11) is 0. The van der Waals surface area contributed by atoms with Gasteiger partial charge in [0.25, 0.3) is 0 Å². The van der Waals surface area contributed by atoms with Crippen LogP contribution in [0.3, 0.4) is 0 Å². The lowest BCUT2D eigenvalue weighted by Crippen LogP contribution is -2.40. The van der Waals surface area contributed by atoms with Gasteiger partial charge >= 0.3 is 5.97 Å². The molecule has 0 aliphatic rings. The molecule has 0 bridgehead atoms. The van der Waals surface area contributed by atoms with Crippen molar-refractivity contribution in [2.75, 3.05) is 11.9 Å². The monoisotopic (exact) mass is 279 g/mol. The van der Waals surface area contributed by atoms with Gasteiger partial charge < -0.3 is 10.1 Å². The highest BCUT2D eigenvalue weighted by Gasteiger charge is 2.19. The zero-order valence-corrected chi connectivity index (χ0v) is 10.8. The molecule has 0 aliphatic heterocycles. The molecule has 88 valence electrons. The van der Waals surface area contributed by atoms with Crippen molar-refractivity contribution in [1.29, 1.82) is 0 Å². The predicted octanol–water partition coefficient (Wildman–Crippen LogP) is 1.62. The first kappa shape index (κ1) is 14.4. The average molecular weight is 280 g/mol. The van der Waals surface area contributed by atoms with Crippen molar-refractivity contribution in [3.8, 4) is 0 Å². The molecule has 0 aliphatic carbocycles. The minimum absolute atomic E-state index is 0.202. The highest BCUT2D eigenvalue weighted by Crippen LogP contribution is 2.05. The van der Waals surface area contributed by atoms with E-state index in [1.165, 1.54) is 6.92 Å². The van der Waals surface area contributed by atoms with Crippen molar-refractivity contribution in [3.63, 3.8) is 0 Å². The lowest BCUT2D eigenvalue weighted by atomic mass is 10.1. The summed E-state index contributed by atoms with van der Waals surface area (Å²) in [5, 5.41) is 3.50. The molecule has 1 amide bonds. The van der Waals surface area contributed by atoms with Crippen molar-refractivity contribution >= 4 is 27.8 Å². The average Bonchev–Trinajstić information content (AvgIpc) is 2.16. The van der Waals surface area contributed by atoms with Crippen molar-refractivity contribution in [2.24, 2.45) is 0 Å². The molecular formula is C10H18BrNO3. The van der Waals surface area contributed by atoms with E-state index < -0.39 is 6.04 Å². The number of alkyl halides is 1. The lowest BCUT2D eigenvalue weighted by Gasteiger charge is -2.15. The Labute approximate surface area is 98.9 Å². The number of unbranched alkanes of at least 4 members (excludes halogenated alkanes) is 1. The topological polar surface area (TPSA) is 55.4 Å². The molecule has 0 saturated carbocycles. The first-order valence-corrected chi connectivity index (χ1v) is 6.23. The van der Waals surface area contributed by atoms with Gasteiger partial charge in [0.05, 0.1) is 6.61 Å². The molecule has 0 radical (unpaired) electrons. The quantitative estimate of drug-likeness (QED) is 0.438. The van der Waals surface area contributed by atoms with Crippen LogP contribution >= 0.6 is 15.9 Å². The highest BCUT2D eigenvalue weighted by atomic mass is 79.9. The van der Waals surface area contributed by atoms with Gasteiger partial charge in [0.1, 0.15) is 6.04 Å². The number of nitrogens with one attached hydrogen (secondary N) is 1. The Morgan fingerprint density at radius 1 is 1.40 bits per heavy atom. The highest BCUT2D eigenvalue weighted by molar-refractivity contribution is 9.09. The minimum Gasteiger partial charge on any atom is -0.464 e. The maximum atomic E-state index is 11.4. The van der Waals surface area contributed by atoms with E-state index in [4.69, 9.17) is 4.74 Å². The fourth-order valence-electron chi connectivity index (χ4n) is 1.18. The smallest absolute Gasteiger partial charge is 0.328 e. The molecule has 0 heterocycles. The molecule has 15 heavy (non-hydrogen) atoms. The van der Waals surface area contributed by atoms with Crippen molar-refractivity contribution in [1.82, 2.24) is 5.32 Å². The summed E-state index contributed by atoms with van der Waals surface area (Å²) in [5.41, 5.74) is 0. The third kappa shape index (κ3) is 7.36. The van der Waals surface area contributed by atoms with Crippen LogP contribution in [0, 0.1) is 0 Å². The molecule has 0 rings (SSSR count). The summed E-state index contributed by atoms with van der Waals surface area (Å²) in [5.74, 6) is -0.547. The Balaban J connectivity index is 4.05. The van der Waals surface area contributed by atoms with E-state index in [0.29, 0.717) is 13.0 Å². The molecule has 1 unspecified atom stereocenters. The van der Waals surface area contributed by atoms with Crippen LogP contribution in [-0.4, -0.2) is 29.9 Å². The number of amides is 1. The van der Waals surface area contributed by atoms with Crippen LogP contribution in [0.2, 0.25) is 0 Å². The zero-order chi connectivity index (χ0) is 11.7. The number of esters is 1. The van der Waals surface area contributed by atoms with E-state index in [0.717, 1.165) is 18.2 Å². The van der Waals surface area contributed by atoms with Gasteiger partial charge in [-0.05, 0) is 26.2 Å². The van der Waals surface area contributed by atoms with Gasteiger partial charge in [0, 0.05) is 12.3 Å². The fourth-order valence-corrected chi connectivity index (χ4v) is 1.58. The molecule has 0 saturated heterocycles. The van der Waals surface area contributed by atoms with Crippen LogP contribution in [-0.2, 0) is 14.3 Å². The molecule has 4 nitrogen and oxygen atoms in total. The summed E-state index contributed by atoms with van der Waals surface area (Å²) in [6, 6.07) is -0.499. The van der Waals surface area contributed by atoms with Gasteiger partial charge in [-0.15, -0.1) is 0 Å². The van der Waals surface area contributed by atoms with E-state index in [1.807, 2.05) is 0 Å². The summed E-state index contributed by atoms with van der Waals surface area (Å²) in [6.45, 7) is 3.49. The Kier molecular flexibility index (Phi) is 8.37. The van der Waals surface area contributed by atoms with Crippen molar-refractivity contribution in [3.05, 3.63) is 0 Å². The number of ether oxygens (including phenoxy) is 1. The first-order chi connectivity index (χ1) is 7.11. The first-order valence-electron chi connectivity index (χ1n) is 5.11. The molecule has 5 heteroatoms. The molecule has 1 atom stereocenters. The van der Waals surface area contributed by atoms with E-state index in [2.05, 4.69) is 21.2 Å². The van der Waals surface area contributed by atoms with E-state index in [9.17, 15) is 9.59 Å². The standard InChI is InChI=1S/C10H18BrNO3/c1-3-15-10(14)9(12-8(2)13)6-4-5-7-11/h9H,3-7H2,1-2H3,(H,12,13). The van der Waals surface area contributed by atoms with Crippen molar-refractivity contribution < 1.29 is 14.3 Å². The fraction of sp³-hybridized carbons (Fsp3) is 0.800. The van der Waals surface area contributed by atoms with E-state index in [1.54, 1.807) is 6.92 Å². The molecule has 1 N–H and O–H groups in total. The van der Waals surface area contributed by atoms with Gasteiger partial charge in [-0.2, -0.15) is 0 Å². The van der Waals surface area contributed by atoms with Gasteiger partial charge in [-0.1, -0.05) is 15.9 Å². The van der Waals surface area contributed by atoms with E-state index in [-0.39, 0.29) is 11.9 Å². The van der Waals surface area contributed by atoms with Crippen LogP contribution in [0.5, 0.6) is 0 Å². The van der Waals surface area contributed by atoms with Crippen LogP contribution in [0.4, 0.5) is 0 Å². The van der Waals surface area contributed by atoms with Crippen LogP contribution in [0.25, 0.3) is 0 Å². The van der Waals surface area contributed by atoms with Crippen LogP contribution < -0.4 is 5.32 Å². The summed E-state index contributed by atoms with van der Waals surface area (Å²) < 4.78 is 4.87. The molecule has 0 aromatic heterocycles. The number of hydrogen-bond donors (Lipinski definition) is 1. The minimum atomic E-state index is -0.499. The second-order valence-corrected chi connectivity index (χ2v) is 3.98. The van der Waals surface area contributed by atoms with Crippen LogP contribution in [0.1, 0.15) is 33.1 Å². The number of carbonyl (C=O) groups excluding carboxylic acids is 2. The lowest BCUT2D eigenvalue weighted by molar-refractivity contribution is -0.147. The number of rotatable bonds is 7. The second-order valence-electron chi connectivity index (χ2n) is 3.19. The SMILES string of the molecule is CCOC(=O)C(CCCCBr)NC(C)=O. The molecular weight excluding hydrogens is 262 g/mol. The van der Waals surface area contributed by atoms with Crippen LogP contribution in [0.15, 0.2) is 0 Å². The summed E-state index contributed by atoms with van der Waals surface area (Å²) in [6.07, 6.45) is 2.49. The van der Waals surface area contributed by atoms with Gasteiger partial charge in [0.15, 0.2) is 0 Å². The molecule has 0 aromatic carbocycles. The normalized spacial score (nSPS) is 11.9. The molecule has 0 aromatic rings. The van der Waals surface area contributed by atoms with Gasteiger partial charge in [0.2, 0.25) is 5.91 Å². The number of halogens is 1. The predicted molar refractivity (Wildman–Crippen MR) is 61.9 cm³/mol. The Bertz CT molecular complexity index is 209.